The minimum atomic E-state index is -6.10. The molecule has 0 aromatic rings. The maximum absolute atomic E-state index is 12.0. The first-order valence-electron chi connectivity index (χ1n) is 5.95. The van der Waals surface area contributed by atoms with Gasteiger partial charge in [-0.3, -0.25) is 4.18 Å². The zero-order valence-electron chi connectivity index (χ0n) is 10.2. The number of hydrogen-bond donors (Lipinski definition) is 0. The molecule has 0 amide bonds. The van der Waals surface area contributed by atoms with Crippen molar-refractivity contribution in [3.8, 4) is 0 Å². The lowest BCUT2D eigenvalue weighted by Crippen LogP contribution is -2.26. The largest absolute Gasteiger partial charge is 0.480 e. The highest BCUT2D eigenvalue weighted by molar-refractivity contribution is 8.10. The maximum Gasteiger partial charge on any atom is 0.480 e. The van der Waals surface area contributed by atoms with E-state index in [0.29, 0.717) is 11.8 Å². The zero-order valence-corrected chi connectivity index (χ0v) is 11.8. The monoisotopic (exact) mass is 336 g/mol. The second-order valence-corrected chi connectivity index (χ2v) is 8.24. The van der Waals surface area contributed by atoms with Crippen molar-refractivity contribution >= 4 is 20.3 Å². The molecule has 0 heterocycles. The predicted molar refractivity (Wildman–Crippen MR) is 62.1 cm³/mol. The molecule has 0 saturated heterocycles. The predicted octanol–water partition coefficient (Wildman–Crippen LogP) is 1.91. The Morgan fingerprint density at radius 2 is 1.75 bits per heavy atom. The normalized spacial score (nSPS) is 30.9. The van der Waals surface area contributed by atoms with Gasteiger partial charge in [0, 0.05) is 0 Å². The van der Waals surface area contributed by atoms with Crippen LogP contribution in [0.25, 0.3) is 4.13 Å². The van der Waals surface area contributed by atoms with Crippen molar-refractivity contribution in [1.82, 2.24) is 0 Å². The fourth-order valence-corrected chi connectivity index (χ4v) is 4.76. The summed E-state index contributed by atoms with van der Waals surface area (Å²) in [4.78, 5) is 0. The molecule has 0 spiro atoms. The van der Waals surface area contributed by atoms with Crippen molar-refractivity contribution in [2.75, 3.05) is 6.61 Å². The smallest absolute Gasteiger partial charge is 0.404 e. The Hall–Kier alpha value is -0.390. The third-order valence-electron chi connectivity index (χ3n) is 3.80. The minimum absolute atomic E-state index is 0.0627. The van der Waals surface area contributed by atoms with Gasteiger partial charge in [0.25, 0.3) is 0 Å². The van der Waals surface area contributed by atoms with E-state index in [-0.39, 0.29) is 12.5 Å². The minimum Gasteiger partial charge on any atom is -0.404 e. The van der Waals surface area contributed by atoms with Crippen LogP contribution in [0.2, 0.25) is 0 Å². The van der Waals surface area contributed by atoms with Gasteiger partial charge in [-0.1, -0.05) is 6.42 Å². The van der Waals surface area contributed by atoms with Crippen molar-refractivity contribution in [2.24, 2.45) is 17.8 Å². The highest BCUT2D eigenvalue weighted by Gasteiger charge is 2.42. The summed E-state index contributed by atoms with van der Waals surface area (Å²) >= 11 is 0. The lowest BCUT2D eigenvalue weighted by atomic mass is 9.90. The summed E-state index contributed by atoms with van der Waals surface area (Å²) in [6.07, 6.45) is 3.73. The van der Waals surface area contributed by atoms with Gasteiger partial charge < -0.3 is 4.13 Å². The Bertz CT molecular complexity index is 571. The van der Waals surface area contributed by atoms with Crippen LogP contribution in [0.15, 0.2) is 0 Å². The zero-order chi connectivity index (χ0) is 15.2. The second-order valence-electron chi connectivity index (χ2n) is 5.14. The van der Waals surface area contributed by atoms with E-state index in [1.165, 1.54) is 0 Å². The molecule has 2 rings (SSSR count). The molecule has 118 valence electrons. The lowest BCUT2D eigenvalue weighted by molar-refractivity contribution is -0.0425. The Balaban J connectivity index is 1.92. The average Bonchev–Trinajstić information content (AvgIpc) is 2.84. The number of nitrogens with zero attached hydrogens (tertiary/aromatic N) is 1. The van der Waals surface area contributed by atoms with Crippen LogP contribution < -0.4 is 0 Å². The molecule has 6 nitrogen and oxygen atoms in total. The SMILES string of the molecule is O=S(=O)([N-]S(=O)(=O)C(F)(F)F)OCC1CC2CCC1C2. The molecule has 3 atom stereocenters. The van der Waals surface area contributed by atoms with Crippen LogP contribution >= 0.6 is 0 Å². The summed E-state index contributed by atoms with van der Waals surface area (Å²) in [6, 6.07) is 0. The molecule has 0 N–H and O–H groups in total. The van der Waals surface area contributed by atoms with Gasteiger partial charge in [-0.25, -0.2) is 16.8 Å². The molecule has 0 aromatic carbocycles. The number of hydrogen-bond acceptors (Lipinski definition) is 5. The standard InChI is InChI=1S/C9H13F3NO5S2/c10-9(11,12)19(14,15)13-20(16,17)18-5-8-4-6-1-2-7(8)3-6/h6-8H,1-5H2/q-1. The highest BCUT2D eigenvalue weighted by Crippen LogP contribution is 2.48. The number of alkyl halides is 3. The van der Waals surface area contributed by atoms with Gasteiger partial charge in [-0.2, -0.15) is 13.2 Å². The molecule has 0 aliphatic heterocycles. The first-order valence-corrected chi connectivity index (χ1v) is 8.75. The Labute approximate surface area is 115 Å². The third-order valence-corrected chi connectivity index (χ3v) is 6.33. The third kappa shape index (κ3) is 3.43. The maximum atomic E-state index is 12.0. The van der Waals surface area contributed by atoms with Crippen LogP contribution in [-0.2, 0) is 24.5 Å². The molecule has 2 aliphatic carbocycles. The first kappa shape index (κ1) is 16.0. The Kier molecular flexibility index (Phi) is 4.08. The van der Waals surface area contributed by atoms with E-state index in [9.17, 15) is 30.0 Å². The summed E-state index contributed by atoms with van der Waals surface area (Å²) < 4.78 is 85.9. The molecule has 0 aromatic heterocycles. The van der Waals surface area contributed by atoms with Gasteiger partial charge >= 0.3 is 5.51 Å². The van der Waals surface area contributed by atoms with Crippen LogP contribution in [0, 0.1) is 17.8 Å². The Morgan fingerprint density at radius 1 is 1.10 bits per heavy atom. The number of sulfonamides is 1. The molecule has 2 aliphatic rings. The number of rotatable bonds is 5. The van der Waals surface area contributed by atoms with Crippen molar-refractivity contribution in [1.29, 1.82) is 0 Å². The van der Waals surface area contributed by atoms with Gasteiger partial charge in [0.2, 0.25) is 10.3 Å². The molecule has 3 unspecified atom stereocenters. The topological polar surface area (TPSA) is 91.6 Å². The molecule has 2 saturated carbocycles. The summed E-state index contributed by atoms with van der Waals surface area (Å²) in [5.41, 5.74) is -5.75. The van der Waals surface area contributed by atoms with Crippen LogP contribution in [0.3, 0.4) is 0 Å². The van der Waals surface area contributed by atoms with Crippen molar-refractivity contribution in [2.45, 2.75) is 31.2 Å². The molecule has 11 heteroatoms. The summed E-state index contributed by atoms with van der Waals surface area (Å²) in [5.74, 6) is 0.744. The van der Waals surface area contributed by atoms with Crippen molar-refractivity contribution < 1.29 is 34.2 Å². The second kappa shape index (κ2) is 5.11. The van der Waals surface area contributed by atoms with E-state index in [0.717, 1.165) is 25.7 Å². The van der Waals surface area contributed by atoms with Crippen LogP contribution in [0.1, 0.15) is 25.7 Å². The van der Waals surface area contributed by atoms with Crippen molar-refractivity contribution in [3.05, 3.63) is 4.13 Å². The van der Waals surface area contributed by atoms with Crippen LogP contribution in [0.5, 0.6) is 0 Å². The van der Waals surface area contributed by atoms with Crippen molar-refractivity contribution in [3.63, 3.8) is 0 Å². The van der Waals surface area contributed by atoms with Gasteiger partial charge in [0.1, 0.15) is 0 Å². The Morgan fingerprint density at radius 3 is 2.20 bits per heavy atom. The molecule has 2 fully saturated rings. The molecule has 2 bridgehead atoms. The summed E-state index contributed by atoms with van der Waals surface area (Å²) in [7, 11) is -11.2. The van der Waals surface area contributed by atoms with E-state index in [1.54, 1.807) is 0 Å². The quantitative estimate of drug-likeness (QED) is 0.765. The number of fused-ring (bicyclic) bond motifs is 2. The number of halogens is 3. The van der Waals surface area contributed by atoms with Gasteiger partial charge in [0.05, 0.1) is 6.61 Å². The van der Waals surface area contributed by atoms with Crippen LogP contribution in [0.4, 0.5) is 13.2 Å². The molecular formula is C9H13F3NO5S2-. The van der Waals surface area contributed by atoms with Gasteiger partial charge in [-0.15, -0.1) is 0 Å². The summed E-state index contributed by atoms with van der Waals surface area (Å²) in [6.45, 7) is -0.319. The molecule has 0 radical (unpaired) electrons. The fourth-order valence-electron chi connectivity index (χ4n) is 2.94. The van der Waals surface area contributed by atoms with E-state index in [4.69, 9.17) is 0 Å². The van der Waals surface area contributed by atoms with Gasteiger partial charge in [0.15, 0.2) is 10.0 Å². The average molecular weight is 336 g/mol. The lowest BCUT2D eigenvalue weighted by Gasteiger charge is -2.25. The fraction of sp³-hybridized carbons (Fsp3) is 1.00. The molecule has 20 heavy (non-hydrogen) atoms. The van der Waals surface area contributed by atoms with Crippen LogP contribution in [-0.4, -0.2) is 29.0 Å². The van der Waals surface area contributed by atoms with E-state index >= 15 is 0 Å². The first-order chi connectivity index (χ1) is 9.00. The summed E-state index contributed by atoms with van der Waals surface area (Å²) in [5, 5.41) is 0. The molecular weight excluding hydrogens is 323 g/mol. The highest BCUT2D eigenvalue weighted by atomic mass is 32.3. The van der Waals surface area contributed by atoms with E-state index in [2.05, 4.69) is 4.18 Å². The van der Waals surface area contributed by atoms with Gasteiger partial charge in [-0.05, 0) is 37.0 Å². The van der Waals surface area contributed by atoms with E-state index < -0.39 is 25.8 Å². The van der Waals surface area contributed by atoms with E-state index in [1.807, 2.05) is 4.13 Å².